The predicted molar refractivity (Wildman–Crippen MR) is 102 cm³/mol. The van der Waals surface area contributed by atoms with Crippen LogP contribution in [0.1, 0.15) is 44.6 Å². The lowest BCUT2D eigenvalue weighted by molar-refractivity contribution is -0.134. The highest BCUT2D eigenvalue weighted by Crippen LogP contribution is 2.34. The molecule has 2 aliphatic heterocycles. The zero-order valence-electron chi connectivity index (χ0n) is 15.0. The Morgan fingerprint density at radius 1 is 1.32 bits per heavy atom. The Labute approximate surface area is 155 Å². The van der Waals surface area contributed by atoms with Gasteiger partial charge in [0.2, 0.25) is 11.8 Å². The molecule has 2 amide bonds. The Hall–Kier alpha value is -1.59. The average Bonchev–Trinajstić information content (AvgIpc) is 3.19. The molecule has 5 nitrogen and oxygen atoms in total. The number of amides is 2. The maximum Gasteiger partial charge on any atom is 0.228 e. The molecule has 2 fully saturated rings. The number of hydrogen-bond acceptors (Lipinski definition) is 3. The molecule has 0 spiro atoms. The second kappa shape index (κ2) is 8.19. The van der Waals surface area contributed by atoms with Crippen LogP contribution in [0.5, 0.6) is 0 Å². The summed E-state index contributed by atoms with van der Waals surface area (Å²) in [6, 6.07) is 8.14. The number of anilines is 1. The molecule has 2 N–H and O–H groups in total. The van der Waals surface area contributed by atoms with Gasteiger partial charge in [0.15, 0.2) is 0 Å². The van der Waals surface area contributed by atoms with Gasteiger partial charge in [0.25, 0.3) is 0 Å². The molecule has 2 unspecified atom stereocenters. The lowest BCUT2D eigenvalue weighted by Gasteiger charge is -2.24. The zero-order valence-corrected chi connectivity index (χ0v) is 15.8. The van der Waals surface area contributed by atoms with Gasteiger partial charge in [-0.3, -0.25) is 9.59 Å². The van der Waals surface area contributed by atoms with E-state index in [2.05, 4.69) is 19.9 Å². The molecule has 0 saturated carbocycles. The molecule has 0 aliphatic carbocycles. The molecule has 2 heterocycles. The monoisotopic (exact) mass is 365 g/mol. The summed E-state index contributed by atoms with van der Waals surface area (Å²) in [6.07, 6.45) is 2.18. The van der Waals surface area contributed by atoms with Gasteiger partial charge in [-0.05, 0) is 30.4 Å². The number of rotatable bonds is 4. The van der Waals surface area contributed by atoms with Crippen molar-refractivity contribution in [1.82, 2.24) is 4.90 Å². The lowest BCUT2D eigenvalue weighted by atomic mass is 9.96. The average molecular weight is 366 g/mol. The minimum Gasteiger partial charge on any atom is -0.341 e. The van der Waals surface area contributed by atoms with Gasteiger partial charge in [-0.15, -0.1) is 12.4 Å². The van der Waals surface area contributed by atoms with Crippen molar-refractivity contribution in [2.24, 2.45) is 11.7 Å². The molecule has 138 valence electrons. The maximum absolute atomic E-state index is 12.7. The first kappa shape index (κ1) is 19.7. The third kappa shape index (κ3) is 3.98. The summed E-state index contributed by atoms with van der Waals surface area (Å²) in [7, 11) is 0. The van der Waals surface area contributed by atoms with E-state index < -0.39 is 0 Å². The van der Waals surface area contributed by atoms with Crippen LogP contribution < -0.4 is 10.6 Å². The van der Waals surface area contributed by atoms with Crippen LogP contribution in [0, 0.1) is 5.92 Å². The Balaban J connectivity index is 0.00000225. The lowest BCUT2D eigenvalue weighted by Crippen LogP contribution is -2.37. The Kier molecular flexibility index (Phi) is 6.47. The smallest absolute Gasteiger partial charge is 0.228 e. The number of halogens is 1. The highest BCUT2D eigenvalue weighted by atomic mass is 35.5. The summed E-state index contributed by atoms with van der Waals surface area (Å²) in [5.41, 5.74) is 8.05. The van der Waals surface area contributed by atoms with E-state index in [0.29, 0.717) is 32.0 Å². The standard InChI is InChI=1S/C19H27N3O2.ClH/c1-3-13(2)16-6-4-5-7-17(16)22-11-14(10-18(22)23)19(24)21-9-8-15(20)12-21;/h4-7,13-15H,3,8-12,20H2,1-2H3;1H/t13?,14?,15-;/m1./s1. The van der Waals surface area contributed by atoms with Crippen molar-refractivity contribution >= 4 is 29.9 Å². The molecule has 0 radical (unpaired) electrons. The van der Waals surface area contributed by atoms with Crippen LogP contribution in [0.3, 0.4) is 0 Å². The van der Waals surface area contributed by atoms with Gasteiger partial charge in [-0.25, -0.2) is 0 Å². The third-order valence-electron chi connectivity index (χ3n) is 5.38. The van der Waals surface area contributed by atoms with E-state index in [1.807, 2.05) is 23.1 Å². The molecular weight excluding hydrogens is 338 g/mol. The Bertz CT molecular complexity index is 637. The molecule has 25 heavy (non-hydrogen) atoms. The van der Waals surface area contributed by atoms with Gasteiger partial charge in [0, 0.05) is 37.8 Å². The van der Waals surface area contributed by atoms with E-state index in [1.165, 1.54) is 5.56 Å². The molecule has 6 heteroatoms. The van der Waals surface area contributed by atoms with Crippen LogP contribution in [0.25, 0.3) is 0 Å². The van der Waals surface area contributed by atoms with Gasteiger partial charge < -0.3 is 15.5 Å². The van der Waals surface area contributed by atoms with Crippen LogP contribution in [-0.2, 0) is 9.59 Å². The zero-order chi connectivity index (χ0) is 17.3. The van der Waals surface area contributed by atoms with Crippen LogP contribution in [0.15, 0.2) is 24.3 Å². The molecule has 2 aliphatic rings. The number of carbonyl (C=O) groups is 2. The second-order valence-electron chi connectivity index (χ2n) is 7.11. The molecule has 1 aromatic rings. The van der Waals surface area contributed by atoms with Crippen LogP contribution in [-0.4, -0.2) is 42.4 Å². The van der Waals surface area contributed by atoms with Gasteiger partial charge in [0.1, 0.15) is 0 Å². The summed E-state index contributed by atoms with van der Waals surface area (Å²) in [5.74, 6) is 0.278. The number of benzene rings is 1. The molecular formula is C19H28ClN3O2. The predicted octanol–water partition coefficient (Wildman–Crippen LogP) is 2.53. The van der Waals surface area contributed by atoms with E-state index in [0.717, 1.165) is 18.5 Å². The summed E-state index contributed by atoms with van der Waals surface area (Å²) < 4.78 is 0. The molecule has 0 aromatic heterocycles. The first-order valence-electron chi connectivity index (χ1n) is 8.95. The topological polar surface area (TPSA) is 66.6 Å². The van der Waals surface area contributed by atoms with Crippen molar-refractivity contribution in [3.8, 4) is 0 Å². The van der Waals surface area contributed by atoms with Crippen LogP contribution in [0.4, 0.5) is 5.69 Å². The van der Waals surface area contributed by atoms with Crippen molar-refractivity contribution in [2.45, 2.75) is 45.1 Å². The number of carbonyl (C=O) groups excluding carboxylic acids is 2. The van der Waals surface area contributed by atoms with Crippen molar-refractivity contribution in [1.29, 1.82) is 0 Å². The molecule has 0 bridgehead atoms. The second-order valence-corrected chi connectivity index (χ2v) is 7.11. The fraction of sp³-hybridized carbons (Fsp3) is 0.579. The highest BCUT2D eigenvalue weighted by Gasteiger charge is 2.39. The van der Waals surface area contributed by atoms with Gasteiger partial charge in [-0.1, -0.05) is 32.0 Å². The molecule has 2 saturated heterocycles. The third-order valence-corrected chi connectivity index (χ3v) is 5.38. The number of nitrogens with zero attached hydrogens (tertiary/aromatic N) is 2. The molecule has 3 rings (SSSR count). The summed E-state index contributed by atoms with van der Waals surface area (Å²) >= 11 is 0. The SMILES string of the molecule is CCC(C)c1ccccc1N1CC(C(=O)N2CC[C@@H](N)C2)CC1=O.Cl. The highest BCUT2D eigenvalue weighted by molar-refractivity contribution is 6.01. The Morgan fingerprint density at radius 3 is 2.68 bits per heavy atom. The molecule has 3 atom stereocenters. The van der Waals surface area contributed by atoms with Crippen molar-refractivity contribution < 1.29 is 9.59 Å². The number of nitrogens with two attached hydrogens (primary N) is 1. The van der Waals surface area contributed by atoms with Crippen LogP contribution >= 0.6 is 12.4 Å². The normalized spacial score (nSPS) is 24.4. The van der Waals surface area contributed by atoms with E-state index >= 15 is 0 Å². The number of likely N-dealkylation sites (tertiary alicyclic amines) is 1. The molecule has 1 aromatic carbocycles. The Morgan fingerprint density at radius 2 is 2.04 bits per heavy atom. The first-order chi connectivity index (χ1) is 11.5. The number of hydrogen-bond donors (Lipinski definition) is 1. The summed E-state index contributed by atoms with van der Waals surface area (Å²) in [6.45, 7) is 6.14. The van der Waals surface area contributed by atoms with Gasteiger partial charge >= 0.3 is 0 Å². The van der Waals surface area contributed by atoms with E-state index in [-0.39, 0.29) is 36.2 Å². The van der Waals surface area contributed by atoms with E-state index in [4.69, 9.17) is 5.73 Å². The van der Waals surface area contributed by atoms with Crippen molar-refractivity contribution in [2.75, 3.05) is 24.5 Å². The maximum atomic E-state index is 12.7. The summed E-state index contributed by atoms with van der Waals surface area (Å²) in [5, 5.41) is 0. The number of para-hydroxylation sites is 1. The van der Waals surface area contributed by atoms with Gasteiger partial charge in [0.05, 0.1) is 5.92 Å². The summed E-state index contributed by atoms with van der Waals surface area (Å²) in [4.78, 5) is 28.9. The fourth-order valence-corrected chi connectivity index (χ4v) is 3.72. The van der Waals surface area contributed by atoms with E-state index in [9.17, 15) is 9.59 Å². The van der Waals surface area contributed by atoms with Crippen molar-refractivity contribution in [3.05, 3.63) is 29.8 Å². The van der Waals surface area contributed by atoms with Gasteiger partial charge in [-0.2, -0.15) is 0 Å². The van der Waals surface area contributed by atoms with Crippen molar-refractivity contribution in [3.63, 3.8) is 0 Å². The minimum atomic E-state index is -0.243. The largest absolute Gasteiger partial charge is 0.341 e. The van der Waals surface area contributed by atoms with Crippen LogP contribution in [0.2, 0.25) is 0 Å². The quantitative estimate of drug-likeness (QED) is 0.891. The minimum absolute atomic E-state index is 0. The first-order valence-corrected chi connectivity index (χ1v) is 8.95. The fourth-order valence-electron chi connectivity index (χ4n) is 3.72. The van der Waals surface area contributed by atoms with E-state index in [1.54, 1.807) is 4.90 Å².